The van der Waals surface area contributed by atoms with Gasteiger partial charge >= 0.3 is 0 Å². The summed E-state index contributed by atoms with van der Waals surface area (Å²) >= 11 is 5.99. The van der Waals surface area contributed by atoms with E-state index in [9.17, 15) is 0 Å². The summed E-state index contributed by atoms with van der Waals surface area (Å²) in [6.07, 6.45) is 3.60. The first kappa shape index (κ1) is 11.3. The second kappa shape index (κ2) is 3.98. The number of hydrogen-bond acceptors (Lipinski definition) is 4. The molecule has 0 fully saturated rings. The molecule has 0 radical (unpaired) electrons. The lowest BCUT2D eigenvalue weighted by atomic mass is 10.2. The second-order valence-corrected chi connectivity index (χ2v) is 4.86. The van der Waals surface area contributed by atoms with E-state index >= 15 is 0 Å². The summed E-state index contributed by atoms with van der Waals surface area (Å²) in [6, 6.07) is 9.19. The van der Waals surface area contributed by atoms with Gasteiger partial charge in [-0.3, -0.25) is 0 Å². The highest BCUT2D eigenvalue weighted by molar-refractivity contribution is 6.33. The first-order valence-electron chi connectivity index (χ1n) is 6.01. The molecule has 4 aromatic rings. The van der Waals surface area contributed by atoms with Crippen LogP contribution in [0.4, 0.5) is 5.69 Å². The van der Waals surface area contributed by atoms with Crippen LogP contribution in [0, 0.1) is 0 Å². The first-order chi connectivity index (χ1) is 9.72. The van der Waals surface area contributed by atoms with Crippen molar-refractivity contribution in [3.05, 3.63) is 47.7 Å². The third-order valence-electron chi connectivity index (χ3n) is 3.16. The standard InChI is InChI=1S/C14H9ClN4O/c15-9-5-11-13(6-10(9)16)20-14(18-11)8-7-17-19-4-2-1-3-12(8)19/h1-7H,16H2. The lowest BCUT2D eigenvalue weighted by Crippen LogP contribution is -1.84. The Morgan fingerprint density at radius 2 is 2.15 bits per heavy atom. The van der Waals surface area contributed by atoms with Gasteiger partial charge in [-0.1, -0.05) is 17.7 Å². The minimum atomic E-state index is 0.470. The van der Waals surface area contributed by atoms with Gasteiger partial charge in [0, 0.05) is 12.3 Å². The molecule has 0 aliphatic rings. The molecule has 0 bridgehead atoms. The van der Waals surface area contributed by atoms with E-state index in [1.54, 1.807) is 22.8 Å². The van der Waals surface area contributed by atoms with Crippen molar-refractivity contribution < 1.29 is 4.42 Å². The molecular weight excluding hydrogens is 276 g/mol. The maximum absolute atomic E-state index is 5.99. The molecule has 0 spiro atoms. The van der Waals surface area contributed by atoms with Gasteiger partial charge in [-0.2, -0.15) is 5.10 Å². The highest BCUT2D eigenvalue weighted by Gasteiger charge is 2.14. The van der Waals surface area contributed by atoms with Crippen LogP contribution in [-0.4, -0.2) is 14.6 Å². The summed E-state index contributed by atoms with van der Waals surface area (Å²) in [4.78, 5) is 4.45. The molecule has 0 atom stereocenters. The number of aromatic nitrogens is 3. The Balaban J connectivity index is 1.98. The van der Waals surface area contributed by atoms with Crippen molar-refractivity contribution in [3.63, 3.8) is 0 Å². The summed E-state index contributed by atoms with van der Waals surface area (Å²) in [5.74, 6) is 0.503. The Morgan fingerprint density at radius 3 is 3.05 bits per heavy atom. The van der Waals surface area contributed by atoms with E-state index in [0.717, 1.165) is 11.1 Å². The number of nitrogens with zero attached hydrogens (tertiary/aromatic N) is 3. The van der Waals surface area contributed by atoms with E-state index in [0.29, 0.717) is 27.7 Å². The zero-order chi connectivity index (χ0) is 13.7. The Morgan fingerprint density at radius 1 is 1.25 bits per heavy atom. The number of rotatable bonds is 1. The Kier molecular flexibility index (Phi) is 2.25. The molecule has 0 saturated carbocycles. The molecule has 0 unspecified atom stereocenters. The fourth-order valence-electron chi connectivity index (χ4n) is 2.18. The monoisotopic (exact) mass is 284 g/mol. The van der Waals surface area contributed by atoms with Gasteiger partial charge in [-0.15, -0.1) is 0 Å². The summed E-state index contributed by atoms with van der Waals surface area (Å²) in [7, 11) is 0. The molecule has 5 nitrogen and oxygen atoms in total. The molecule has 2 N–H and O–H groups in total. The third-order valence-corrected chi connectivity index (χ3v) is 3.49. The topological polar surface area (TPSA) is 69.3 Å². The number of halogens is 1. The number of pyridine rings is 1. The maximum Gasteiger partial charge on any atom is 0.231 e. The van der Waals surface area contributed by atoms with Crippen molar-refractivity contribution in [1.82, 2.24) is 14.6 Å². The molecule has 3 aromatic heterocycles. The van der Waals surface area contributed by atoms with Gasteiger partial charge < -0.3 is 10.2 Å². The quantitative estimate of drug-likeness (QED) is 0.544. The van der Waals surface area contributed by atoms with Crippen LogP contribution in [0.25, 0.3) is 28.1 Å². The van der Waals surface area contributed by atoms with Crippen LogP contribution >= 0.6 is 11.6 Å². The number of nitrogen functional groups attached to an aromatic ring is 1. The van der Waals surface area contributed by atoms with Crippen LogP contribution in [0.2, 0.25) is 5.02 Å². The van der Waals surface area contributed by atoms with Gasteiger partial charge in [0.25, 0.3) is 0 Å². The molecule has 0 aliphatic heterocycles. The van der Waals surface area contributed by atoms with E-state index in [1.807, 2.05) is 24.4 Å². The van der Waals surface area contributed by atoms with E-state index < -0.39 is 0 Å². The van der Waals surface area contributed by atoms with Crippen molar-refractivity contribution in [1.29, 1.82) is 0 Å². The van der Waals surface area contributed by atoms with Crippen LogP contribution < -0.4 is 5.73 Å². The normalized spacial score (nSPS) is 11.4. The molecule has 4 rings (SSSR count). The van der Waals surface area contributed by atoms with Crippen molar-refractivity contribution in [2.75, 3.05) is 5.73 Å². The zero-order valence-electron chi connectivity index (χ0n) is 10.2. The van der Waals surface area contributed by atoms with Gasteiger partial charge in [0.1, 0.15) is 5.52 Å². The molecule has 0 saturated heterocycles. The van der Waals surface area contributed by atoms with Gasteiger partial charge in [0.05, 0.1) is 28.0 Å². The highest BCUT2D eigenvalue weighted by atomic mass is 35.5. The van der Waals surface area contributed by atoms with E-state index in [1.165, 1.54) is 0 Å². The molecular formula is C14H9ClN4O. The SMILES string of the molecule is Nc1cc2oc(-c3cnn4ccccc34)nc2cc1Cl. The van der Waals surface area contributed by atoms with Crippen LogP contribution in [0.3, 0.4) is 0 Å². The predicted molar refractivity (Wildman–Crippen MR) is 77.6 cm³/mol. The number of anilines is 1. The minimum absolute atomic E-state index is 0.470. The molecule has 3 heterocycles. The van der Waals surface area contributed by atoms with Gasteiger partial charge in [0.2, 0.25) is 5.89 Å². The van der Waals surface area contributed by atoms with Crippen LogP contribution in [0.5, 0.6) is 0 Å². The summed E-state index contributed by atoms with van der Waals surface area (Å²) < 4.78 is 7.52. The van der Waals surface area contributed by atoms with Crippen LogP contribution in [0.1, 0.15) is 0 Å². The number of nitrogens with two attached hydrogens (primary N) is 1. The highest BCUT2D eigenvalue weighted by Crippen LogP contribution is 2.31. The fourth-order valence-corrected chi connectivity index (χ4v) is 2.34. The van der Waals surface area contributed by atoms with Gasteiger partial charge in [0.15, 0.2) is 5.58 Å². The van der Waals surface area contributed by atoms with Crippen LogP contribution in [-0.2, 0) is 0 Å². The van der Waals surface area contributed by atoms with Crippen molar-refractivity contribution in [2.24, 2.45) is 0 Å². The minimum Gasteiger partial charge on any atom is -0.436 e. The average Bonchev–Trinajstić information content (AvgIpc) is 3.02. The Bertz CT molecular complexity index is 902. The molecule has 0 aliphatic carbocycles. The van der Waals surface area contributed by atoms with Crippen molar-refractivity contribution >= 4 is 33.9 Å². The number of benzene rings is 1. The van der Waals surface area contributed by atoms with Crippen molar-refractivity contribution in [2.45, 2.75) is 0 Å². The Labute approximate surface area is 118 Å². The third kappa shape index (κ3) is 1.57. The van der Waals surface area contributed by atoms with Gasteiger partial charge in [-0.25, -0.2) is 9.50 Å². The Hall–Kier alpha value is -2.53. The molecule has 20 heavy (non-hydrogen) atoms. The van der Waals surface area contributed by atoms with Crippen LogP contribution in [0.15, 0.2) is 47.1 Å². The van der Waals surface area contributed by atoms with E-state index in [4.69, 9.17) is 21.8 Å². The molecule has 6 heteroatoms. The average molecular weight is 285 g/mol. The number of oxazole rings is 1. The largest absolute Gasteiger partial charge is 0.436 e. The molecule has 0 amide bonds. The number of hydrogen-bond donors (Lipinski definition) is 1. The lowest BCUT2D eigenvalue weighted by molar-refractivity contribution is 0.621. The van der Waals surface area contributed by atoms with Crippen molar-refractivity contribution in [3.8, 4) is 11.5 Å². The lowest BCUT2D eigenvalue weighted by Gasteiger charge is -1.94. The first-order valence-corrected chi connectivity index (χ1v) is 6.38. The smallest absolute Gasteiger partial charge is 0.231 e. The van der Waals surface area contributed by atoms with E-state index in [2.05, 4.69) is 10.1 Å². The molecule has 98 valence electrons. The van der Waals surface area contributed by atoms with Gasteiger partial charge in [-0.05, 0) is 18.2 Å². The molecule has 1 aromatic carbocycles. The zero-order valence-corrected chi connectivity index (χ0v) is 11.0. The number of fused-ring (bicyclic) bond motifs is 2. The second-order valence-electron chi connectivity index (χ2n) is 4.45. The predicted octanol–water partition coefficient (Wildman–Crippen LogP) is 3.38. The summed E-state index contributed by atoms with van der Waals surface area (Å²) in [5, 5.41) is 4.74. The summed E-state index contributed by atoms with van der Waals surface area (Å²) in [6.45, 7) is 0. The fraction of sp³-hybridized carbons (Fsp3) is 0. The maximum atomic E-state index is 5.99. The summed E-state index contributed by atoms with van der Waals surface area (Å²) in [5.41, 5.74) is 9.28. The van der Waals surface area contributed by atoms with E-state index in [-0.39, 0.29) is 0 Å².